The lowest BCUT2D eigenvalue weighted by Crippen LogP contribution is -2.61. The lowest BCUT2D eigenvalue weighted by Gasteiger charge is -2.41. The normalized spacial score (nSPS) is 28.7. The number of amides is 1. The lowest BCUT2D eigenvalue weighted by molar-refractivity contribution is -0.199. The van der Waals surface area contributed by atoms with Gasteiger partial charge in [-0.3, -0.25) is 4.79 Å². The minimum absolute atomic E-state index is 0.0332. The van der Waals surface area contributed by atoms with Crippen molar-refractivity contribution in [2.45, 2.75) is 31.5 Å². The molecule has 2 aliphatic rings. The van der Waals surface area contributed by atoms with Crippen LogP contribution in [0.5, 0.6) is 5.75 Å². The van der Waals surface area contributed by atoms with Gasteiger partial charge in [-0.2, -0.15) is 0 Å². The summed E-state index contributed by atoms with van der Waals surface area (Å²) in [7, 11) is 1.61. The highest BCUT2D eigenvalue weighted by Gasteiger charge is 2.63. The summed E-state index contributed by atoms with van der Waals surface area (Å²) in [6.07, 6.45) is 0.277. The van der Waals surface area contributed by atoms with E-state index in [2.05, 4.69) is 0 Å². The maximum Gasteiger partial charge on any atom is 0.333 e. The first-order valence-corrected chi connectivity index (χ1v) is 6.19. The molecule has 19 heavy (non-hydrogen) atoms. The Morgan fingerprint density at radius 1 is 1.37 bits per heavy atom. The molecule has 2 atom stereocenters. The molecule has 0 aliphatic carbocycles. The summed E-state index contributed by atoms with van der Waals surface area (Å²) in [5, 5.41) is 0. The average molecular weight is 261 g/mol. The van der Waals surface area contributed by atoms with Crippen molar-refractivity contribution in [1.82, 2.24) is 4.90 Å². The molecule has 100 valence electrons. The van der Waals surface area contributed by atoms with Crippen molar-refractivity contribution >= 4 is 11.9 Å². The monoisotopic (exact) mass is 261 g/mol. The van der Waals surface area contributed by atoms with Gasteiger partial charge in [0.1, 0.15) is 11.4 Å². The van der Waals surface area contributed by atoms with Gasteiger partial charge in [-0.25, -0.2) is 4.79 Å². The molecule has 2 fully saturated rings. The van der Waals surface area contributed by atoms with Crippen LogP contribution >= 0.6 is 0 Å². The maximum absolute atomic E-state index is 12.0. The van der Waals surface area contributed by atoms with Gasteiger partial charge in [-0.1, -0.05) is 12.1 Å². The molecule has 5 nitrogen and oxygen atoms in total. The Bertz CT molecular complexity index is 539. The van der Waals surface area contributed by atoms with Crippen LogP contribution in [0.3, 0.4) is 0 Å². The molecular formula is C14H15NO4. The maximum atomic E-state index is 12.0. The number of rotatable bonds is 3. The van der Waals surface area contributed by atoms with Gasteiger partial charge in [0.25, 0.3) is 0 Å². The zero-order valence-corrected chi connectivity index (χ0v) is 10.9. The molecule has 1 unspecified atom stereocenters. The van der Waals surface area contributed by atoms with E-state index in [1.54, 1.807) is 12.0 Å². The van der Waals surface area contributed by atoms with E-state index < -0.39 is 11.6 Å². The summed E-state index contributed by atoms with van der Waals surface area (Å²) in [5.41, 5.74) is 0.346. The fourth-order valence-electron chi connectivity index (χ4n) is 2.78. The van der Waals surface area contributed by atoms with Crippen LogP contribution in [-0.2, 0) is 20.9 Å². The Morgan fingerprint density at radius 2 is 2.05 bits per heavy atom. The number of esters is 1. The minimum atomic E-state index is -0.624. The van der Waals surface area contributed by atoms with Gasteiger partial charge in [-0.05, 0) is 24.6 Å². The van der Waals surface area contributed by atoms with Crippen LogP contribution in [0, 0.1) is 0 Å². The molecule has 5 heteroatoms. The third-order valence-electron chi connectivity index (χ3n) is 3.78. The zero-order chi connectivity index (χ0) is 13.6. The number of ether oxygens (including phenoxy) is 2. The molecule has 0 bridgehead atoms. The van der Waals surface area contributed by atoms with Crippen molar-refractivity contribution in [3.8, 4) is 5.75 Å². The third kappa shape index (κ3) is 1.77. The molecule has 2 saturated heterocycles. The Hall–Kier alpha value is -2.04. The fourth-order valence-corrected chi connectivity index (χ4v) is 2.78. The predicted molar refractivity (Wildman–Crippen MR) is 66.4 cm³/mol. The molecule has 1 aromatic carbocycles. The molecule has 1 aromatic rings. The predicted octanol–water partition coefficient (Wildman–Crippen LogP) is 1.11. The number of carbonyl (C=O) groups excluding carboxylic acids is 2. The second-order valence-corrected chi connectivity index (χ2v) is 5.18. The van der Waals surface area contributed by atoms with E-state index in [4.69, 9.17) is 9.47 Å². The summed E-state index contributed by atoms with van der Waals surface area (Å²) in [4.78, 5) is 25.1. The molecule has 0 aromatic heterocycles. The number of methoxy groups -OCH3 is 1. The zero-order valence-electron chi connectivity index (χ0n) is 10.9. The third-order valence-corrected chi connectivity index (χ3v) is 3.78. The largest absolute Gasteiger partial charge is 0.497 e. The van der Waals surface area contributed by atoms with Crippen LogP contribution in [-0.4, -0.2) is 35.5 Å². The molecule has 2 aliphatic heterocycles. The van der Waals surface area contributed by atoms with E-state index in [0.29, 0.717) is 6.54 Å². The van der Waals surface area contributed by atoms with Crippen molar-refractivity contribution in [2.75, 3.05) is 7.11 Å². The Morgan fingerprint density at radius 3 is 2.63 bits per heavy atom. The number of hydrogen-bond donors (Lipinski definition) is 0. The van der Waals surface area contributed by atoms with E-state index >= 15 is 0 Å². The highest BCUT2D eigenvalue weighted by Crippen LogP contribution is 2.42. The van der Waals surface area contributed by atoms with Gasteiger partial charge in [-0.15, -0.1) is 0 Å². The number of hydrogen-bond acceptors (Lipinski definition) is 4. The Labute approximate surface area is 111 Å². The van der Waals surface area contributed by atoms with Gasteiger partial charge in [0, 0.05) is 6.54 Å². The van der Waals surface area contributed by atoms with Crippen LogP contribution in [0.4, 0.5) is 0 Å². The summed E-state index contributed by atoms with van der Waals surface area (Å²) in [6, 6.07) is 7.04. The van der Waals surface area contributed by atoms with Crippen LogP contribution < -0.4 is 4.74 Å². The number of fused-ring (bicyclic) bond motifs is 1. The van der Waals surface area contributed by atoms with Gasteiger partial charge in [0.05, 0.1) is 13.5 Å². The molecule has 0 radical (unpaired) electrons. The standard InChI is InChI=1S/C14H15NO4/c1-14-7-11(16)15(12(14)13(17)19-14)8-9-3-5-10(18-2)6-4-9/h3-6,12H,7-8H2,1-2H3/t12?,14-/m0/s1. The van der Waals surface area contributed by atoms with Crippen LogP contribution in [0.15, 0.2) is 24.3 Å². The van der Waals surface area contributed by atoms with Crippen molar-refractivity contribution < 1.29 is 19.1 Å². The molecule has 1 amide bonds. The second kappa shape index (κ2) is 3.98. The van der Waals surface area contributed by atoms with Gasteiger partial charge in [0.2, 0.25) is 5.91 Å². The summed E-state index contributed by atoms with van der Waals surface area (Å²) >= 11 is 0. The van der Waals surface area contributed by atoms with E-state index in [1.807, 2.05) is 31.2 Å². The highest BCUT2D eigenvalue weighted by molar-refractivity contribution is 5.95. The van der Waals surface area contributed by atoms with Crippen LogP contribution in [0.2, 0.25) is 0 Å². The second-order valence-electron chi connectivity index (χ2n) is 5.18. The first-order chi connectivity index (χ1) is 9.03. The van der Waals surface area contributed by atoms with Gasteiger partial charge in [0.15, 0.2) is 6.04 Å². The van der Waals surface area contributed by atoms with E-state index in [0.717, 1.165) is 11.3 Å². The molecule has 2 heterocycles. The summed E-state index contributed by atoms with van der Waals surface area (Å²) < 4.78 is 10.2. The molecule has 0 spiro atoms. The summed E-state index contributed by atoms with van der Waals surface area (Å²) in [5.74, 6) is 0.431. The summed E-state index contributed by atoms with van der Waals surface area (Å²) in [6.45, 7) is 2.24. The smallest absolute Gasteiger partial charge is 0.333 e. The van der Waals surface area contributed by atoms with Crippen molar-refractivity contribution in [3.63, 3.8) is 0 Å². The van der Waals surface area contributed by atoms with Crippen LogP contribution in [0.1, 0.15) is 18.9 Å². The van der Waals surface area contributed by atoms with E-state index in [1.165, 1.54) is 0 Å². The number of benzene rings is 1. The SMILES string of the molecule is COc1ccc(CN2C(=O)C[C@]3(C)OC(=O)C23)cc1. The van der Waals surface area contributed by atoms with Gasteiger partial charge >= 0.3 is 5.97 Å². The van der Waals surface area contributed by atoms with Crippen molar-refractivity contribution in [3.05, 3.63) is 29.8 Å². The van der Waals surface area contributed by atoms with Crippen molar-refractivity contribution in [2.24, 2.45) is 0 Å². The number of carbonyl (C=O) groups is 2. The first-order valence-electron chi connectivity index (χ1n) is 6.19. The number of likely N-dealkylation sites (tertiary alicyclic amines) is 1. The van der Waals surface area contributed by atoms with E-state index in [-0.39, 0.29) is 18.3 Å². The highest BCUT2D eigenvalue weighted by atomic mass is 16.6. The topological polar surface area (TPSA) is 55.8 Å². The first kappa shape index (κ1) is 12.0. The van der Waals surface area contributed by atoms with Gasteiger partial charge < -0.3 is 14.4 Å². The molecule has 0 saturated carbocycles. The Kier molecular flexibility index (Phi) is 2.52. The minimum Gasteiger partial charge on any atom is -0.497 e. The Balaban J connectivity index is 1.79. The van der Waals surface area contributed by atoms with Crippen LogP contribution in [0.25, 0.3) is 0 Å². The van der Waals surface area contributed by atoms with Crippen molar-refractivity contribution in [1.29, 1.82) is 0 Å². The van der Waals surface area contributed by atoms with E-state index in [9.17, 15) is 9.59 Å². The quantitative estimate of drug-likeness (QED) is 0.765. The molecular weight excluding hydrogens is 246 g/mol. The average Bonchev–Trinajstić information content (AvgIpc) is 2.56. The number of nitrogens with zero attached hydrogens (tertiary/aromatic N) is 1. The lowest BCUT2D eigenvalue weighted by atomic mass is 9.91. The fraction of sp³-hybridized carbons (Fsp3) is 0.429. The molecule has 3 rings (SSSR count). The molecule has 0 N–H and O–H groups in total.